The van der Waals surface area contributed by atoms with Gasteiger partial charge in [-0.2, -0.15) is 11.8 Å². The van der Waals surface area contributed by atoms with Crippen LogP contribution in [0.4, 0.5) is 5.82 Å². The standard InChI is InChI=1S/C9H15N3S/c1-4-7-6(2)9(10)12-8(11-7)5-13-3/h4-5H2,1-3H3,(H2,10,11,12). The third kappa shape index (κ3) is 2.34. The fourth-order valence-corrected chi connectivity index (χ4v) is 1.56. The number of aryl methyl sites for hydroxylation is 1. The van der Waals surface area contributed by atoms with Crippen LogP contribution in [0, 0.1) is 6.92 Å². The number of thioether (sulfide) groups is 1. The predicted molar refractivity (Wildman–Crippen MR) is 57.8 cm³/mol. The molecule has 0 aliphatic heterocycles. The van der Waals surface area contributed by atoms with Gasteiger partial charge in [-0.1, -0.05) is 6.92 Å². The summed E-state index contributed by atoms with van der Waals surface area (Å²) >= 11 is 1.71. The average molecular weight is 197 g/mol. The molecule has 0 aromatic carbocycles. The second-order valence-corrected chi connectivity index (χ2v) is 3.75. The largest absolute Gasteiger partial charge is 0.383 e. The molecule has 0 amide bonds. The van der Waals surface area contributed by atoms with Crippen molar-refractivity contribution < 1.29 is 0 Å². The van der Waals surface area contributed by atoms with Gasteiger partial charge in [0.05, 0.1) is 5.75 Å². The summed E-state index contributed by atoms with van der Waals surface area (Å²) in [5.74, 6) is 2.29. The van der Waals surface area contributed by atoms with Gasteiger partial charge in [0.15, 0.2) is 0 Å². The fraction of sp³-hybridized carbons (Fsp3) is 0.556. The van der Waals surface area contributed by atoms with Gasteiger partial charge in [-0.15, -0.1) is 0 Å². The predicted octanol–water partition coefficient (Wildman–Crippen LogP) is 1.79. The van der Waals surface area contributed by atoms with E-state index in [0.717, 1.165) is 29.3 Å². The number of aromatic nitrogens is 2. The van der Waals surface area contributed by atoms with Crippen LogP contribution in [0.3, 0.4) is 0 Å². The molecule has 2 N–H and O–H groups in total. The molecule has 0 radical (unpaired) electrons. The molecule has 1 heterocycles. The lowest BCUT2D eigenvalue weighted by Gasteiger charge is -2.07. The van der Waals surface area contributed by atoms with Gasteiger partial charge in [0, 0.05) is 11.3 Å². The molecular weight excluding hydrogens is 182 g/mol. The molecule has 3 nitrogen and oxygen atoms in total. The maximum absolute atomic E-state index is 5.77. The fourth-order valence-electron chi connectivity index (χ4n) is 1.17. The quantitative estimate of drug-likeness (QED) is 0.802. The van der Waals surface area contributed by atoms with Crippen LogP contribution in [0.5, 0.6) is 0 Å². The van der Waals surface area contributed by atoms with Crippen LogP contribution < -0.4 is 5.73 Å². The third-order valence-corrected chi connectivity index (χ3v) is 2.49. The summed E-state index contributed by atoms with van der Waals surface area (Å²) in [6.07, 6.45) is 2.95. The Kier molecular flexibility index (Phi) is 3.54. The van der Waals surface area contributed by atoms with E-state index in [1.54, 1.807) is 11.8 Å². The molecule has 13 heavy (non-hydrogen) atoms. The normalized spacial score (nSPS) is 10.4. The second kappa shape index (κ2) is 4.46. The van der Waals surface area contributed by atoms with Gasteiger partial charge >= 0.3 is 0 Å². The minimum absolute atomic E-state index is 0.621. The molecule has 1 aromatic heterocycles. The summed E-state index contributed by atoms with van der Waals surface area (Å²) in [7, 11) is 0. The Hall–Kier alpha value is -0.770. The van der Waals surface area contributed by atoms with Gasteiger partial charge < -0.3 is 5.73 Å². The van der Waals surface area contributed by atoms with Crippen LogP contribution in [0.1, 0.15) is 24.0 Å². The summed E-state index contributed by atoms with van der Waals surface area (Å²) in [4.78, 5) is 8.65. The van der Waals surface area contributed by atoms with Crippen molar-refractivity contribution in [1.29, 1.82) is 0 Å². The molecular formula is C9H15N3S. The first-order valence-corrected chi connectivity index (χ1v) is 5.69. The minimum Gasteiger partial charge on any atom is -0.383 e. The van der Waals surface area contributed by atoms with Crippen LogP contribution in [-0.4, -0.2) is 16.2 Å². The smallest absolute Gasteiger partial charge is 0.140 e. The molecule has 0 bridgehead atoms. The summed E-state index contributed by atoms with van der Waals surface area (Å²) in [5.41, 5.74) is 7.85. The van der Waals surface area contributed by atoms with E-state index in [2.05, 4.69) is 16.9 Å². The van der Waals surface area contributed by atoms with Gasteiger partial charge in [0.2, 0.25) is 0 Å². The number of nitrogens with two attached hydrogens (primary N) is 1. The lowest BCUT2D eigenvalue weighted by Crippen LogP contribution is -2.05. The van der Waals surface area contributed by atoms with Gasteiger partial charge in [0.1, 0.15) is 11.6 Å². The highest BCUT2D eigenvalue weighted by Gasteiger charge is 2.05. The number of nitrogens with zero attached hydrogens (tertiary/aromatic N) is 2. The van der Waals surface area contributed by atoms with Crippen molar-refractivity contribution in [3.63, 3.8) is 0 Å². The summed E-state index contributed by atoms with van der Waals surface area (Å²) < 4.78 is 0. The monoisotopic (exact) mass is 197 g/mol. The highest BCUT2D eigenvalue weighted by molar-refractivity contribution is 7.97. The molecule has 0 saturated heterocycles. The Morgan fingerprint density at radius 3 is 2.62 bits per heavy atom. The summed E-state index contributed by atoms with van der Waals surface area (Å²) in [6, 6.07) is 0. The first-order valence-electron chi connectivity index (χ1n) is 4.29. The molecule has 0 aliphatic rings. The molecule has 4 heteroatoms. The molecule has 0 spiro atoms. The van der Waals surface area contributed by atoms with E-state index in [-0.39, 0.29) is 0 Å². The van der Waals surface area contributed by atoms with E-state index >= 15 is 0 Å². The van der Waals surface area contributed by atoms with E-state index in [9.17, 15) is 0 Å². The maximum Gasteiger partial charge on any atom is 0.140 e. The van der Waals surface area contributed by atoms with E-state index < -0.39 is 0 Å². The van der Waals surface area contributed by atoms with Gasteiger partial charge in [-0.25, -0.2) is 9.97 Å². The van der Waals surface area contributed by atoms with Gasteiger partial charge in [0.25, 0.3) is 0 Å². The molecule has 0 aliphatic carbocycles. The molecule has 0 atom stereocenters. The SMILES string of the molecule is CCc1nc(CSC)nc(N)c1C. The van der Waals surface area contributed by atoms with Gasteiger partial charge in [-0.05, 0) is 19.6 Å². The Balaban J connectivity index is 3.06. The van der Waals surface area contributed by atoms with Crippen molar-refractivity contribution in [2.45, 2.75) is 26.0 Å². The van der Waals surface area contributed by atoms with Gasteiger partial charge in [-0.3, -0.25) is 0 Å². The zero-order valence-corrected chi connectivity index (χ0v) is 9.11. The van der Waals surface area contributed by atoms with Crippen molar-refractivity contribution >= 4 is 17.6 Å². The number of rotatable bonds is 3. The third-order valence-electron chi connectivity index (χ3n) is 1.94. The second-order valence-electron chi connectivity index (χ2n) is 2.88. The van der Waals surface area contributed by atoms with Crippen LogP contribution in [0.2, 0.25) is 0 Å². The molecule has 0 fully saturated rings. The lowest BCUT2D eigenvalue weighted by molar-refractivity contribution is 0.925. The highest BCUT2D eigenvalue weighted by atomic mass is 32.2. The topological polar surface area (TPSA) is 51.8 Å². The first-order chi connectivity index (χ1) is 6.19. The van der Waals surface area contributed by atoms with Crippen molar-refractivity contribution in [2.24, 2.45) is 0 Å². The summed E-state index contributed by atoms with van der Waals surface area (Å²) in [6.45, 7) is 4.05. The Morgan fingerprint density at radius 1 is 1.38 bits per heavy atom. The average Bonchev–Trinajstić information content (AvgIpc) is 2.11. The molecule has 1 aromatic rings. The number of anilines is 1. The Morgan fingerprint density at radius 2 is 2.08 bits per heavy atom. The van der Waals surface area contributed by atoms with Crippen molar-refractivity contribution in [3.05, 3.63) is 17.1 Å². The first kappa shape index (κ1) is 10.3. The van der Waals surface area contributed by atoms with E-state index in [1.165, 1.54) is 0 Å². The van der Waals surface area contributed by atoms with Crippen molar-refractivity contribution in [3.8, 4) is 0 Å². The van der Waals surface area contributed by atoms with Crippen molar-refractivity contribution in [2.75, 3.05) is 12.0 Å². The maximum atomic E-state index is 5.77. The van der Waals surface area contributed by atoms with E-state index in [0.29, 0.717) is 5.82 Å². The van der Waals surface area contributed by atoms with E-state index in [1.807, 2.05) is 13.2 Å². The zero-order valence-electron chi connectivity index (χ0n) is 8.29. The Bertz CT molecular complexity index is 299. The molecule has 1 rings (SSSR count). The molecule has 0 unspecified atom stereocenters. The van der Waals surface area contributed by atoms with Crippen LogP contribution >= 0.6 is 11.8 Å². The number of hydrogen-bond acceptors (Lipinski definition) is 4. The Labute approximate surface area is 83.2 Å². The highest BCUT2D eigenvalue weighted by Crippen LogP contribution is 2.14. The minimum atomic E-state index is 0.621. The zero-order chi connectivity index (χ0) is 9.84. The van der Waals surface area contributed by atoms with Crippen LogP contribution in [-0.2, 0) is 12.2 Å². The number of hydrogen-bond donors (Lipinski definition) is 1. The van der Waals surface area contributed by atoms with E-state index in [4.69, 9.17) is 5.73 Å². The lowest BCUT2D eigenvalue weighted by atomic mass is 10.2. The van der Waals surface area contributed by atoms with Crippen LogP contribution in [0.25, 0.3) is 0 Å². The molecule has 72 valence electrons. The van der Waals surface area contributed by atoms with Crippen LogP contribution in [0.15, 0.2) is 0 Å². The van der Waals surface area contributed by atoms with Crippen molar-refractivity contribution in [1.82, 2.24) is 9.97 Å². The summed E-state index contributed by atoms with van der Waals surface area (Å²) in [5, 5.41) is 0. The molecule has 0 saturated carbocycles. The number of nitrogen functional groups attached to an aromatic ring is 1.